The van der Waals surface area contributed by atoms with E-state index in [2.05, 4.69) is 5.32 Å². The summed E-state index contributed by atoms with van der Waals surface area (Å²) >= 11 is 12.4. The molecule has 3 rings (SSSR count). The largest absolute Gasteiger partial charge is 0.495 e. The fraction of sp³-hybridized carbons (Fsp3) is 0.333. The molecule has 220 valence electrons. The maximum atomic E-state index is 14.2. The molecule has 3 aromatic carbocycles. The molecule has 1 atom stereocenters. The predicted molar refractivity (Wildman–Crippen MR) is 164 cm³/mol. The van der Waals surface area contributed by atoms with Crippen LogP contribution in [0.25, 0.3) is 0 Å². The van der Waals surface area contributed by atoms with Gasteiger partial charge in [0.1, 0.15) is 18.3 Å². The number of anilines is 1. The fourth-order valence-electron chi connectivity index (χ4n) is 4.36. The maximum absolute atomic E-state index is 14.2. The van der Waals surface area contributed by atoms with Gasteiger partial charge in [0.05, 0.1) is 29.1 Å². The quantitative estimate of drug-likeness (QED) is 0.299. The van der Waals surface area contributed by atoms with E-state index in [1.807, 2.05) is 51.1 Å². The summed E-state index contributed by atoms with van der Waals surface area (Å²) in [7, 11) is -2.51. The standard InChI is InChI=1S/C30H35Cl2N3O5S/c1-20(2)33-30(37)27(17-22-9-7-6-8-10-22)34(18-23-12-13-24(31)25(32)16-23)29(36)19-35(41(5,38)39)26-15-21(3)11-14-28(26)40-4/h6-16,20,27H,17-19H2,1-5H3,(H,33,37). The van der Waals surface area contributed by atoms with Crippen molar-refractivity contribution in [2.75, 3.05) is 24.2 Å². The number of halogens is 2. The van der Waals surface area contributed by atoms with Gasteiger partial charge in [0.2, 0.25) is 21.8 Å². The molecule has 0 saturated carbocycles. The molecule has 0 spiro atoms. The van der Waals surface area contributed by atoms with Gasteiger partial charge in [0, 0.05) is 19.0 Å². The number of rotatable bonds is 12. The number of nitrogens with one attached hydrogen (secondary N) is 1. The number of methoxy groups -OCH3 is 1. The first-order valence-corrected chi connectivity index (χ1v) is 15.6. The number of carbonyl (C=O) groups is 2. The lowest BCUT2D eigenvalue weighted by Crippen LogP contribution is -2.54. The molecule has 0 fully saturated rings. The van der Waals surface area contributed by atoms with Crippen molar-refractivity contribution in [3.63, 3.8) is 0 Å². The summed E-state index contributed by atoms with van der Waals surface area (Å²) in [6.45, 7) is 4.91. The average Bonchev–Trinajstić information content (AvgIpc) is 2.90. The molecule has 0 bridgehead atoms. The maximum Gasteiger partial charge on any atom is 0.244 e. The molecule has 0 aliphatic carbocycles. The minimum atomic E-state index is -3.94. The van der Waals surface area contributed by atoms with E-state index in [0.29, 0.717) is 21.4 Å². The third-order valence-corrected chi connectivity index (χ3v) is 8.19. The number of hydrogen-bond acceptors (Lipinski definition) is 5. The number of amides is 2. The van der Waals surface area contributed by atoms with E-state index in [1.54, 1.807) is 36.4 Å². The van der Waals surface area contributed by atoms with Crippen LogP contribution in [0, 0.1) is 6.92 Å². The van der Waals surface area contributed by atoms with Gasteiger partial charge in [-0.15, -0.1) is 0 Å². The highest BCUT2D eigenvalue weighted by atomic mass is 35.5. The van der Waals surface area contributed by atoms with Crippen LogP contribution in [0.3, 0.4) is 0 Å². The Morgan fingerprint density at radius 3 is 2.22 bits per heavy atom. The average molecular weight is 621 g/mol. The summed E-state index contributed by atoms with van der Waals surface area (Å²) in [4.78, 5) is 29.2. The zero-order valence-corrected chi connectivity index (χ0v) is 26.1. The summed E-state index contributed by atoms with van der Waals surface area (Å²) < 4.78 is 32.5. The van der Waals surface area contributed by atoms with E-state index in [9.17, 15) is 18.0 Å². The molecule has 0 radical (unpaired) electrons. The van der Waals surface area contributed by atoms with Crippen LogP contribution in [0.5, 0.6) is 5.75 Å². The van der Waals surface area contributed by atoms with Crippen molar-refractivity contribution in [2.45, 2.75) is 45.8 Å². The summed E-state index contributed by atoms with van der Waals surface area (Å²) in [6, 6.07) is 18.2. The molecule has 41 heavy (non-hydrogen) atoms. The lowest BCUT2D eigenvalue weighted by atomic mass is 10.0. The first-order chi connectivity index (χ1) is 19.3. The molecule has 2 amide bonds. The SMILES string of the molecule is COc1ccc(C)cc1N(CC(=O)N(Cc1ccc(Cl)c(Cl)c1)C(Cc1ccccc1)C(=O)NC(C)C)S(C)(=O)=O. The van der Waals surface area contributed by atoms with Crippen LogP contribution in [0.4, 0.5) is 5.69 Å². The topological polar surface area (TPSA) is 96.0 Å². The van der Waals surface area contributed by atoms with E-state index in [-0.39, 0.29) is 30.6 Å². The van der Waals surface area contributed by atoms with Gasteiger partial charge in [0.25, 0.3) is 0 Å². The van der Waals surface area contributed by atoms with Crippen LogP contribution in [0.15, 0.2) is 66.7 Å². The van der Waals surface area contributed by atoms with Crippen molar-refractivity contribution in [2.24, 2.45) is 0 Å². The molecule has 0 aliphatic rings. The molecule has 1 N–H and O–H groups in total. The highest BCUT2D eigenvalue weighted by Gasteiger charge is 2.34. The van der Waals surface area contributed by atoms with Gasteiger partial charge in [0.15, 0.2) is 0 Å². The predicted octanol–water partition coefficient (Wildman–Crippen LogP) is 5.24. The Morgan fingerprint density at radius 2 is 1.63 bits per heavy atom. The second kappa shape index (κ2) is 14.1. The van der Waals surface area contributed by atoms with Gasteiger partial charge < -0.3 is 15.0 Å². The third-order valence-electron chi connectivity index (χ3n) is 6.32. The van der Waals surface area contributed by atoms with E-state index in [4.69, 9.17) is 27.9 Å². The van der Waals surface area contributed by atoms with E-state index < -0.39 is 28.5 Å². The van der Waals surface area contributed by atoms with Crippen molar-refractivity contribution in [3.05, 3.63) is 93.5 Å². The van der Waals surface area contributed by atoms with Gasteiger partial charge in [-0.05, 0) is 61.7 Å². The van der Waals surface area contributed by atoms with E-state index in [1.165, 1.54) is 12.0 Å². The normalized spacial score (nSPS) is 12.1. The smallest absolute Gasteiger partial charge is 0.244 e. The van der Waals surface area contributed by atoms with Crippen molar-refractivity contribution >= 4 is 50.7 Å². The van der Waals surface area contributed by atoms with Gasteiger partial charge >= 0.3 is 0 Å². The van der Waals surface area contributed by atoms with Crippen molar-refractivity contribution in [3.8, 4) is 5.75 Å². The molecule has 11 heteroatoms. The molecular formula is C30H35Cl2N3O5S. The Morgan fingerprint density at radius 1 is 0.951 bits per heavy atom. The highest BCUT2D eigenvalue weighted by Crippen LogP contribution is 2.31. The third kappa shape index (κ3) is 8.86. The van der Waals surface area contributed by atoms with Crippen LogP contribution < -0.4 is 14.4 Å². The number of aryl methyl sites for hydroxylation is 1. The number of ether oxygens (including phenoxy) is 1. The number of benzene rings is 3. The Bertz CT molecular complexity index is 1480. The Hall–Kier alpha value is -3.27. The van der Waals surface area contributed by atoms with Crippen molar-refractivity contribution < 1.29 is 22.7 Å². The number of sulfonamides is 1. The Kier molecular flexibility index (Phi) is 11.1. The van der Waals surface area contributed by atoms with Crippen molar-refractivity contribution in [1.82, 2.24) is 10.2 Å². The summed E-state index contributed by atoms with van der Waals surface area (Å²) in [6.07, 6.45) is 1.23. The van der Waals surface area contributed by atoms with Crippen LogP contribution in [0.1, 0.15) is 30.5 Å². The molecule has 0 aromatic heterocycles. The number of carbonyl (C=O) groups excluding carboxylic acids is 2. The Labute approximate surface area is 252 Å². The molecule has 0 aliphatic heterocycles. The molecular weight excluding hydrogens is 585 g/mol. The highest BCUT2D eigenvalue weighted by molar-refractivity contribution is 7.92. The molecule has 0 heterocycles. The van der Waals surface area contributed by atoms with Crippen LogP contribution in [-0.2, 0) is 32.6 Å². The summed E-state index contributed by atoms with van der Waals surface area (Å²) in [5.74, 6) is -0.649. The second-order valence-corrected chi connectivity index (χ2v) is 12.8. The monoisotopic (exact) mass is 619 g/mol. The second-order valence-electron chi connectivity index (χ2n) is 10.1. The van der Waals surface area contributed by atoms with Crippen molar-refractivity contribution in [1.29, 1.82) is 0 Å². The summed E-state index contributed by atoms with van der Waals surface area (Å²) in [5.41, 5.74) is 2.47. The van der Waals surface area contributed by atoms with Gasteiger partial charge in [-0.2, -0.15) is 0 Å². The van der Waals surface area contributed by atoms with Crippen LogP contribution >= 0.6 is 23.2 Å². The molecule has 1 unspecified atom stereocenters. The first kappa shape index (κ1) is 32.2. The molecule has 0 saturated heterocycles. The van der Waals surface area contributed by atoms with Gasteiger partial charge in [-0.3, -0.25) is 13.9 Å². The minimum Gasteiger partial charge on any atom is -0.495 e. The zero-order valence-electron chi connectivity index (χ0n) is 23.7. The number of hydrogen-bond donors (Lipinski definition) is 1. The zero-order chi connectivity index (χ0) is 30.3. The molecule has 3 aromatic rings. The lowest BCUT2D eigenvalue weighted by Gasteiger charge is -2.34. The lowest BCUT2D eigenvalue weighted by molar-refractivity contribution is -0.140. The van der Waals surface area contributed by atoms with Crippen LogP contribution in [0.2, 0.25) is 10.0 Å². The number of nitrogens with zero attached hydrogens (tertiary/aromatic N) is 2. The van der Waals surface area contributed by atoms with E-state index >= 15 is 0 Å². The Balaban J connectivity index is 2.12. The minimum absolute atomic E-state index is 0.0126. The first-order valence-electron chi connectivity index (χ1n) is 13.0. The molecule has 8 nitrogen and oxygen atoms in total. The van der Waals surface area contributed by atoms with E-state index in [0.717, 1.165) is 21.7 Å². The van der Waals surface area contributed by atoms with Gasteiger partial charge in [-0.25, -0.2) is 8.42 Å². The van der Waals surface area contributed by atoms with Crippen LogP contribution in [-0.4, -0.2) is 57.1 Å². The fourth-order valence-corrected chi connectivity index (χ4v) is 5.52. The van der Waals surface area contributed by atoms with Gasteiger partial charge in [-0.1, -0.05) is 65.7 Å². The summed E-state index contributed by atoms with van der Waals surface area (Å²) in [5, 5.41) is 3.56.